The maximum atomic E-state index is 12.9. The number of hydrogen-bond acceptors (Lipinski definition) is 7. The van der Waals surface area contributed by atoms with Crippen LogP contribution in [0.3, 0.4) is 0 Å². The summed E-state index contributed by atoms with van der Waals surface area (Å²) >= 11 is 4.02. The fourth-order valence-electron chi connectivity index (χ4n) is 2.30. The highest BCUT2D eigenvalue weighted by Crippen LogP contribution is 2.38. The van der Waals surface area contributed by atoms with Gasteiger partial charge in [0.2, 0.25) is 5.91 Å². The molecule has 0 aliphatic heterocycles. The SMILES string of the molecule is CC(C)(CO[Si](C)(C)C(C)(C)C)C(OC(=O)CCC(=O)O)C(=O)NCCC(=O)NCCS. The van der Waals surface area contributed by atoms with E-state index in [1.165, 1.54) is 0 Å². The van der Waals surface area contributed by atoms with Crippen LogP contribution in [0.1, 0.15) is 53.9 Å². The van der Waals surface area contributed by atoms with Crippen LogP contribution in [0.4, 0.5) is 0 Å². The van der Waals surface area contributed by atoms with Gasteiger partial charge < -0.3 is 24.9 Å². The summed E-state index contributed by atoms with van der Waals surface area (Å²) in [7, 11) is -2.13. The first-order valence-corrected chi connectivity index (χ1v) is 14.3. The molecule has 0 aromatic heterocycles. The molecule has 0 spiro atoms. The number of hydrogen-bond donors (Lipinski definition) is 4. The van der Waals surface area contributed by atoms with Crippen molar-refractivity contribution in [3.63, 3.8) is 0 Å². The summed E-state index contributed by atoms with van der Waals surface area (Å²) in [4.78, 5) is 47.6. The number of carbonyl (C=O) groups is 4. The summed E-state index contributed by atoms with van der Waals surface area (Å²) < 4.78 is 11.7. The van der Waals surface area contributed by atoms with Crippen molar-refractivity contribution in [2.24, 2.45) is 5.41 Å². The normalized spacial score (nSPS) is 13.2. The summed E-state index contributed by atoms with van der Waals surface area (Å²) in [6, 6.07) is 0. The summed E-state index contributed by atoms with van der Waals surface area (Å²) in [5.74, 6) is -2.18. The van der Waals surface area contributed by atoms with Crippen LogP contribution < -0.4 is 10.6 Å². The largest absolute Gasteiger partial charge is 0.481 e. The summed E-state index contributed by atoms with van der Waals surface area (Å²) in [5, 5.41) is 14.0. The fourth-order valence-corrected chi connectivity index (χ4v) is 3.58. The third kappa shape index (κ3) is 11.3. The van der Waals surface area contributed by atoms with Gasteiger partial charge in [0.1, 0.15) is 0 Å². The number of aliphatic carboxylic acids is 1. The molecule has 1 unspecified atom stereocenters. The number of rotatable bonds is 14. The van der Waals surface area contributed by atoms with E-state index >= 15 is 0 Å². The van der Waals surface area contributed by atoms with Crippen molar-refractivity contribution in [1.82, 2.24) is 10.6 Å². The van der Waals surface area contributed by atoms with E-state index < -0.39 is 37.7 Å². The average molecular weight is 493 g/mol. The van der Waals surface area contributed by atoms with Gasteiger partial charge in [-0.2, -0.15) is 12.6 Å². The van der Waals surface area contributed by atoms with Gasteiger partial charge in [0.15, 0.2) is 14.4 Å². The van der Waals surface area contributed by atoms with E-state index in [0.717, 1.165) is 0 Å². The van der Waals surface area contributed by atoms with Gasteiger partial charge in [-0.05, 0) is 18.1 Å². The molecule has 2 amide bonds. The Labute approximate surface area is 197 Å². The number of amides is 2. The molecule has 0 aliphatic carbocycles. The Balaban J connectivity index is 5.30. The van der Waals surface area contributed by atoms with Crippen molar-refractivity contribution in [2.45, 2.75) is 78.1 Å². The predicted molar refractivity (Wildman–Crippen MR) is 128 cm³/mol. The number of nitrogens with one attached hydrogen (secondary N) is 2. The highest BCUT2D eigenvalue weighted by Gasteiger charge is 2.43. The number of ether oxygens (including phenoxy) is 1. The molecule has 0 rings (SSSR count). The van der Waals surface area contributed by atoms with E-state index in [2.05, 4.69) is 57.1 Å². The molecule has 11 heteroatoms. The van der Waals surface area contributed by atoms with Crippen molar-refractivity contribution in [3.8, 4) is 0 Å². The van der Waals surface area contributed by atoms with Gasteiger partial charge in [0.25, 0.3) is 5.91 Å². The van der Waals surface area contributed by atoms with Crippen molar-refractivity contribution < 1.29 is 33.4 Å². The van der Waals surface area contributed by atoms with Crippen LogP contribution in [0.5, 0.6) is 0 Å². The van der Waals surface area contributed by atoms with Crippen LogP contribution in [0.15, 0.2) is 0 Å². The van der Waals surface area contributed by atoms with Crippen molar-refractivity contribution in [2.75, 3.05) is 25.4 Å². The van der Waals surface area contributed by atoms with Crippen LogP contribution in [0.25, 0.3) is 0 Å². The maximum Gasteiger partial charge on any atom is 0.307 e. The molecule has 9 nitrogen and oxygen atoms in total. The minimum atomic E-state index is -2.13. The van der Waals surface area contributed by atoms with Crippen LogP contribution in [-0.2, 0) is 28.3 Å². The summed E-state index contributed by atoms with van der Waals surface area (Å²) in [5.41, 5.74) is -0.882. The molecule has 1 atom stereocenters. The first-order chi connectivity index (χ1) is 14.5. The molecule has 32 heavy (non-hydrogen) atoms. The smallest absolute Gasteiger partial charge is 0.307 e. The fraction of sp³-hybridized carbons (Fsp3) is 0.810. The van der Waals surface area contributed by atoms with Crippen LogP contribution in [0.2, 0.25) is 18.1 Å². The Bertz CT molecular complexity index is 663. The Morgan fingerprint density at radius 1 is 0.969 bits per heavy atom. The monoisotopic (exact) mass is 492 g/mol. The number of carboxylic acid groups (broad SMARTS) is 1. The van der Waals surface area contributed by atoms with E-state index in [9.17, 15) is 19.2 Å². The molecular weight excluding hydrogens is 452 g/mol. The van der Waals surface area contributed by atoms with E-state index in [0.29, 0.717) is 12.3 Å². The van der Waals surface area contributed by atoms with Gasteiger partial charge in [0.05, 0.1) is 12.8 Å². The average Bonchev–Trinajstić information content (AvgIpc) is 2.66. The number of carboxylic acids is 1. The Hall–Kier alpha value is -1.59. The Morgan fingerprint density at radius 2 is 1.56 bits per heavy atom. The lowest BCUT2D eigenvalue weighted by molar-refractivity contribution is -0.165. The van der Waals surface area contributed by atoms with E-state index in [1.54, 1.807) is 13.8 Å². The minimum absolute atomic E-state index is 0.0423. The maximum absolute atomic E-state index is 12.9. The Morgan fingerprint density at radius 3 is 2.06 bits per heavy atom. The van der Waals surface area contributed by atoms with Gasteiger partial charge in [-0.25, -0.2) is 0 Å². The second kappa shape index (κ2) is 13.2. The molecule has 0 bridgehead atoms. The van der Waals surface area contributed by atoms with Gasteiger partial charge in [-0.1, -0.05) is 34.6 Å². The predicted octanol–water partition coefficient (Wildman–Crippen LogP) is 2.36. The van der Waals surface area contributed by atoms with Gasteiger partial charge >= 0.3 is 11.9 Å². The van der Waals surface area contributed by atoms with E-state index in [-0.39, 0.29) is 43.4 Å². The lowest BCUT2D eigenvalue weighted by atomic mass is 9.86. The standard InChI is InChI=1S/C21H40N2O7SSi/c1-20(2,3)32(6,7)29-14-21(4,5)18(30-17(27)9-8-16(25)26)19(28)23-11-10-15(24)22-12-13-31/h18,31H,8-14H2,1-7H3,(H,22,24)(H,23,28)(H,25,26). The molecule has 3 N–H and O–H groups in total. The topological polar surface area (TPSA) is 131 Å². The first kappa shape index (κ1) is 30.4. The molecule has 0 saturated heterocycles. The number of carbonyl (C=O) groups excluding carboxylic acids is 3. The van der Waals surface area contributed by atoms with Crippen LogP contribution >= 0.6 is 12.6 Å². The second-order valence-electron chi connectivity index (χ2n) is 9.92. The number of thiol groups is 1. The highest BCUT2D eigenvalue weighted by molar-refractivity contribution is 7.80. The minimum Gasteiger partial charge on any atom is -0.481 e. The van der Waals surface area contributed by atoms with Crippen LogP contribution in [0, 0.1) is 5.41 Å². The van der Waals surface area contributed by atoms with Crippen molar-refractivity contribution in [1.29, 1.82) is 0 Å². The molecule has 0 fully saturated rings. The molecule has 186 valence electrons. The van der Waals surface area contributed by atoms with Crippen molar-refractivity contribution >= 4 is 44.7 Å². The zero-order valence-electron chi connectivity index (χ0n) is 20.4. The van der Waals surface area contributed by atoms with E-state index in [1.807, 2.05) is 0 Å². The zero-order valence-corrected chi connectivity index (χ0v) is 22.3. The van der Waals surface area contributed by atoms with Crippen molar-refractivity contribution in [3.05, 3.63) is 0 Å². The molecule has 0 aliphatic rings. The molecule has 0 saturated carbocycles. The zero-order chi connectivity index (χ0) is 25.2. The molecule has 0 aromatic rings. The number of esters is 1. The quantitative estimate of drug-likeness (QED) is 0.166. The summed E-state index contributed by atoms with van der Waals surface area (Å²) in [6.45, 7) is 14.7. The summed E-state index contributed by atoms with van der Waals surface area (Å²) in [6.07, 6.45) is -1.86. The lowest BCUT2D eigenvalue weighted by Gasteiger charge is -2.40. The Kier molecular flexibility index (Phi) is 12.5. The molecule has 0 radical (unpaired) electrons. The first-order valence-electron chi connectivity index (χ1n) is 10.7. The molecule has 0 aromatic carbocycles. The lowest BCUT2D eigenvalue weighted by Crippen LogP contribution is -2.51. The van der Waals surface area contributed by atoms with Crippen LogP contribution in [-0.4, -0.2) is 68.7 Å². The van der Waals surface area contributed by atoms with Gasteiger partial charge in [-0.3, -0.25) is 19.2 Å². The molecule has 0 heterocycles. The van der Waals surface area contributed by atoms with Gasteiger partial charge in [0, 0.05) is 37.3 Å². The highest BCUT2D eigenvalue weighted by atomic mass is 32.1. The third-order valence-electron chi connectivity index (χ3n) is 5.44. The van der Waals surface area contributed by atoms with E-state index in [4.69, 9.17) is 14.3 Å². The van der Waals surface area contributed by atoms with Gasteiger partial charge in [-0.15, -0.1) is 0 Å². The third-order valence-corrected chi connectivity index (χ3v) is 10.1. The molecular formula is C21H40N2O7SSi. The second-order valence-corrected chi connectivity index (χ2v) is 15.2.